The molecular formula is C14H25N3O3. The van der Waals surface area contributed by atoms with Crippen LogP contribution in [0, 0.1) is 5.41 Å². The zero-order valence-electron chi connectivity index (χ0n) is 12.5. The van der Waals surface area contributed by atoms with Crippen LogP contribution in [0.25, 0.3) is 0 Å². The van der Waals surface area contributed by atoms with Crippen LogP contribution < -0.4 is 5.32 Å². The minimum Gasteiger partial charge on any atom is -0.384 e. The van der Waals surface area contributed by atoms with E-state index in [2.05, 4.69) is 5.32 Å². The molecule has 2 fully saturated rings. The molecule has 2 aliphatic rings. The molecule has 2 heterocycles. The Bertz CT molecular complexity index is 361. The van der Waals surface area contributed by atoms with E-state index in [1.165, 1.54) is 0 Å². The number of piperidine rings is 1. The van der Waals surface area contributed by atoms with Gasteiger partial charge in [-0.05, 0) is 32.4 Å². The average Bonchev–Trinajstić information content (AvgIpc) is 2.62. The normalized spacial score (nSPS) is 23.6. The highest BCUT2D eigenvalue weighted by Gasteiger charge is 2.43. The van der Waals surface area contributed by atoms with Gasteiger partial charge in [0.15, 0.2) is 0 Å². The summed E-state index contributed by atoms with van der Waals surface area (Å²) in [6.07, 6.45) is 2.40. The second-order valence-electron chi connectivity index (χ2n) is 5.86. The maximum absolute atomic E-state index is 12.9. The molecular weight excluding hydrogens is 258 g/mol. The molecule has 2 aliphatic heterocycles. The Morgan fingerprint density at radius 2 is 2.05 bits per heavy atom. The number of nitrogens with one attached hydrogen (secondary N) is 1. The number of hydrogen-bond donors (Lipinski definition) is 1. The van der Waals surface area contributed by atoms with Crippen molar-refractivity contribution in [1.82, 2.24) is 15.1 Å². The van der Waals surface area contributed by atoms with Crippen molar-refractivity contribution in [1.29, 1.82) is 0 Å². The Hall–Kier alpha value is -1.14. The molecule has 0 aromatic heterocycles. The number of likely N-dealkylation sites (N-methyl/N-ethyl adjacent to an activating group) is 1. The maximum atomic E-state index is 12.9. The lowest BCUT2D eigenvalue weighted by molar-refractivity contribution is -0.150. The molecule has 0 atom stereocenters. The molecule has 0 aromatic rings. The average molecular weight is 283 g/mol. The Kier molecular flexibility index (Phi) is 4.99. The van der Waals surface area contributed by atoms with Crippen LogP contribution in [0.1, 0.15) is 19.3 Å². The third-order valence-corrected chi connectivity index (χ3v) is 4.40. The first-order valence-corrected chi connectivity index (χ1v) is 7.32. The van der Waals surface area contributed by atoms with Crippen molar-refractivity contribution < 1.29 is 14.3 Å². The minimum absolute atomic E-state index is 0.0253. The van der Waals surface area contributed by atoms with Crippen LogP contribution in [-0.2, 0) is 14.3 Å². The highest BCUT2D eigenvalue weighted by Crippen LogP contribution is 2.32. The summed E-state index contributed by atoms with van der Waals surface area (Å²) < 4.78 is 5.31. The number of rotatable bonds is 3. The smallest absolute Gasteiger partial charge is 0.241 e. The lowest BCUT2D eigenvalue weighted by Crippen LogP contribution is -2.52. The van der Waals surface area contributed by atoms with E-state index in [0.29, 0.717) is 13.2 Å². The van der Waals surface area contributed by atoms with E-state index < -0.39 is 5.41 Å². The van der Waals surface area contributed by atoms with Crippen molar-refractivity contribution in [3.63, 3.8) is 0 Å². The van der Waals surface area contributed by atoms with Gasteiger partial charge in [-0.1, -0.05) is 0 Å². The summed E-state index contributed by atoms with van der Waals surface area (Å²) in [5, 5.41) is 3.28. The van der Waals surface area contributed by atoms with Gasteiger partial charge in [0.2, 0.25) is 11.8 Å². The van der Waals surface area contributed by atoms with E-state index in [1.54, 1.807) is 24.0 Å². The van der Waals surface area contributed by atoms with Gasteiger partial charge in [-0.25, -0.2) is 0 Å². The molecule has 0 bridgehead atoms. The largest absolute Gasteiger partial charge is 0.384 e. The fraction of sp³-hybridized carbons (Fsp3) is 0.857. The number of carbonyl (C=O) groups is 2. The van der Waals surface area contributed by atoms with E-state index in [-0.39, 0.29) is 18.4 Å². The molecule has 0 saturated carbocycles. The van der Waals surface area contributed by atoms with Gasteiger partial charge < -0.3 is 19.9 Å². The van der Waals surface area contributed by atoms with Gasteiger partial charge in [0, 0.05) is 27.2 Å². The second-order valence-corrected chi connectivity index (χ2v) is 5.86. The maximum Gasteiger partial charge on any atom is 0.241 e. The van der Waals surface area contributed by atoms with E-state index in [0.717, 1.165) is 38.9 Å². The monoisotopic (exact) mass is 283 g/mol. The summed E-state index contributed by atoms with van der Waals surface area (Å²) in [6.45, 7) is 3.69. The van der Waals surface area contributed by atoms with E-state index in [9.17, 15) is 9.59 Å². The summed E-state index contributed by atoms with van der Waals surface area (Å²) in [5.41, 5.74) is -0.455. The molecule has 20 heavy (non-hydrogen) atoms. The molecule has 6 heteroatoms. The standard InChI is InChI=1S/C14H25N3O3/c1-16-8-3-9-17(10-12(16)18)13(19)14(11-20-2)4-6-15-7-5-14/h15H,3-11H2,1-2H3. The molecule has 6 nitrogen and oxygen atoms in total. The summed E-state index contributed by atoms with van der Waals surface area (Å²) in [4.78, 5) is 28.3. The van der Waals surface area contributed by atoms with Gasteiger partial charge in [-0.3, -0.25) is 9.59 Å². The molecule has 114 valence electrons. The number of ether oxygens (including phenoxy) is 1. The van der Waals surface area contributed by atoms with Gasteiger partial charge in [-0.15, -0.1) is 0 Å². The lowest BCUT2D eigenvalue weighted by atomic mass is 9.78. The SMILES string of the molecule is COCC1(C(=O)N2CCCN(C)C(=O)C2)CCNCC1. The van der Waals surface area contributed by atoms with Crippen molar-refractivity contribution in [2.75, 3.05) is 53.5 Å². The van der Waals surface area contributed by atoms with Gasteiger partial charge in [0.1, 0.15) is 0 Å². The van der Waals surface area contributed by atoms with E-state index in [4.69, 9.17) is 4.74 Å². The summed E-state index contributed by atoms with van der Waals surface area (Å²) in [5.74, 6) is 0.113. The van der Waals surface area contributed by atoms with Crippen LogP contribution in [0.4, 0.5) is 0 Å². The van der Waals surface area contributed by atoms with E-state index in [1.807, 2.05) is 0 Å². The lowest BCUT2D eigenvalue weighted by Gasteiger charge is -2.39. The van der Waals surface area contributed by atoms with Gasteiger partial charge in [0.05, 0.1) is 18.6 Å². The zero-order chi connectivity index (χ0) is 14.6. The number of carbonyl (C=O) groups excluding carboxylic acids is 2. The Balaban J connectivity index is 2.12. The first kappa shape index (κ1) is 15.3. The van der Waals surface area contributed by atoms with Crippen LogP contribution in [-0.4, -0.2) is 75.1 Å². The second kappa shape index (κ2) is 6.54. The first-order chi connectivity index (χ1) is 9.59. The number of nitrogens with zero attached hydrogens (tertiary/aromatic N) is 2. The van der Waals surface area contributed by atoms with Crippen LogP contribution in [0.2, 0.25) is 0 Å². The Morgan fingerprint density at radius 3 is 2.70 bits per heavy atom. The van der Waals surface area contributed by atoms with Crippen molar-refractivity contribution in [3.05, 3.63) is 0 Å². The molecule has 2 saturated heterocycles. The van der Waals surface area contributed by atoms with Gasteiger partial charge in [-0.2, -0.15) is 0 Å². The zero-order valence-corrected chi connectivity index (χ0v) is 12.5. The molecule has 1 N–H and O–H groups in total. The van der Waals surface area contributed by atoms with Gasteiger partial charge in [0.25, 0.3) is 0 Å². The number of amides is 2. The van der Waals surface area contributed by atoms with Crippen molar-refractivity contribution >= 4 is 11.8 Å². The Morgan fingerprint density at radius 1 is 1.35 bits per heavy atom. The predicted molar refractivity (Wildman–Crippen MR) is 75.2 cm³/mol. The van der Waals surface area contributed by atoms with Crippen LogP contribution in [0.5, 0.6) is 0 Å². The highest BCUT2D eigenvalue weighted by atomic mass is 16.5. The molecule has 2 amide bonds. The van der Waals surface area contributed by atoms with Crippen molar-refractivity contribution in [3.8, 4) is 0 Å². The highest BCUT2D eigenvalue weighted by molar-refractivity contribution is 5.88. The van der Waals surface area contributed by atoms with Crippen molar-refractivity contribution in [2.45, 2.75) is 19.3 Å². The fourth-order valence-electron chi connectivity index (χ4n) is 3.10. The topological polar surface area (TPSA) is 61.9 Å². The third kappa shape index (κ3) is 3.12. The minimum atomic E-state index is -0.455. The third-order valence-electron chi connectivity index (χ3n) is 4.40. The molecule has 0 aromatic carbocycles. The first-order valence-electron chi connectivity index (χ1n) is 7.32. The summed E-state index contributed by atoms with van der Waals surface area (Å²) in [6, 6.07) is 0. The molecule has 2 rings (SSSR count). The van der Waals surface area contributed by atoms with Crippen LogP contribution >= 0.6 is 0 Å². The fourth-order valence-corrected chi connectivity index (χ4v) is 3.10. The quantitative estimate of drug-likeness (QED) is 0.772. The van der Waals surface area contributed by atoms with Crippen LogP contribution in [0.3, 0.4) is 0 Å². The molecule has 0 aliphatic carbocycles. The number of methoxy groups -OCH3 is 1. The Labute approximate surface area is 120 Å². The summed E-state index contributed by atoms with van der Waals surface area (Å²) >= 11 is 0. The molecule has 0 spiro atoms. The van der Waals surface area contributed by atoms with Crippen molar-refractivity contribution in [2.24, 2.45) is 5.41 Å². The number of hydrogen-bond acceptors (Lipinski definition) is 4. The van der Waals surface area contributed by atoms with Gasteiger partial charge >= 0.3 is 0 Å². The summed E-state index contributed by atoms with van der Waals surface area (Å²) in [7, 11) is 3.43. The molecule has 0 unspecified atom stereocenters. The van der Waals surface area contributed by atoms with E-state index >= 15 is 0 Å². The van der Waals surface area contributed by atoms with Crippen LogP contribution in [0.15, 0.2) is 0 Å². The predicted octanol–water partition coefficient (Wildman–Crippen LogP) is -0.307. The molecule has 0 radical (unpaired) electrons.